The van der Waals surface area contributed by atoms with Crippen LogP contribution in [0.25, 0.3) is 0 Å². The summed E-state index contributed by atoms with van der Waals surface area (Å²) in [5.41, 5.74) is 1.23. The predicted octanol–water partition coefficient (Wildman–Crippen LogP) is 4.84. The molecule has 0 aromatic heterocycles. The summed E-state index contributed by atoms with van der Waals surface area (Å²) in [6.07, 6.45) is 5.05. The van der Waals surface area contributed by atoms with Crippen molar-refractivity contribution in [3.8, 4) is 0 Å². The quantitative estimate of drug-likeness (QED) is 0.337. The number of nitrogens with one attached hydrogen (secondary N) is 1. The van der Waals surface area contributed by atoms with E-state index in [1.807, 2.05) is 30.3 Å². The summed E-state index contributed by atoms with van der Waals surface area (Å²) in [6.45, 7) is -0.319. The molecular formula is C33H36FN3O5S. The predicted molar refractivity (Wildman–Crippen MR) is 160 cm³/mol. The van der Waals surface area contributed by atoms with Gasteiger partial charge in [0.15, 0.2) is 0 Å². The van der Waals surface area contributed by atoms with Gasteiger partial charge in [0.2, 0.25) is 11.8 Å². The van der Waals surface area contributed by atoms with Crippen molar-refractivity contribution in [3.05, 3.63) is 101 Å². The van der Waals surface area contributed by atoms with Crippen molar-refractivity contribution in [2.75, 3.05) is 6.54 Å². The minimum atomic E-state index is -4.01. The number of benzene rings is 3. The van der Waals surface area contributed by atoms with Gasteiger partial charge in [0.1, 0.15) is 16.8 Å². The van der Waals surface area contributed by atoms with Crippen LogP contribution in [-0.2, 0) is 32.6 Å². The Balaban J connectivity index is 1.38. The highest BCUT2D eigenvalue weighted by molar-refractivity contribution is 7.90. The van der Waals surface area contributed by atoms with Crippen molar-refractivity contribution in [2.45, 2.75) is 74.9 Å². The molecule has 1 unspecified atom stereocenters. The molecule has 1 fully saturated rings. The van der Waals surface area contributed by atoms with Crippen molar-refractivity contribution in [1.29, 1.82) is 0 Å². The van der Waals surface area contributed by atoms with E-state index in [2.05, 4.69) is 5.32 Å². The number of sulfonamides is 1. The van der Waals surface area contributed by atoms with Gasteiger partial charge >= 0.3 is 0 Å². The fourth-order valence-corrected chi connectivity index (χ4v) is 7.49. The Morgan fingerprint density at radius 3 is 2.33 bits per heavy atom. The number of hydrogen-bond acceptors (Lipinski definition) is 5. The van der Waals surface area contributed by atoms with E-state index in [4.69, 9.17) is 0 Å². The van der Waals surface area contributed by atoms with E-state index in [9.17, 15) is 27.2 Å². The summed E-state index contributed by atoms with van der Waals surface area (Å²) in [7, 11) is -4.01. The van der Waals surface area contributed by atoms with Gasteiger partial charge in [-0.1, -0.05) is 79.9 Å². The largest absolute Gasteiger partial charge is 0.352 e. The highest BCUT2D eigenvalue weighted by Gasteiger charge is 2.40. The summed E-state index contributed by atoms with van der Waals surface area (Å²) in [6, 6.07) is 20.6. The molecule has 8 nitrogen and oxygen atoms in total. The molecular weight excluding hydrogens is 569 g/mol. The van der Waals surface area contributed by atoms with Gasteiger partial charge in [-0.3, -0.25) is 14.4 Å². The molecule has 5 rings (SSSR count). The van der Waals surface area contributed by atoms with Gasteiger partial charge in [-0.15, -0.1) is 0 Å². The number of carbonyl (C=O) groups is 3. The molecule has 0 radical (unpaired) electrons. The molecule has 1 saturated carbocycles. The van der Waals surface area contributed by atoms with E-state index < -0.39 is 33.7 Å². The lowest BCUT2D eigenvalue weighted by Gasteiger charge is -2.33. The molecule has 3 amide bonds. The van der Waals surface area contributed by atoms with Crippen LogP contribution in [0.2, 0.25) is 0 Å². The summed E-state index contributed by atoms with van der Waals surface area (Å²) in [5.74, 6) is -1.84. The number of amides is 3. The molecule has 1 N–H and O–H groups in total. The van der Waals surface area contributed by atoms with Gasteiger partial charge in [0.05, 0.1) is 5.56 Å². The van der Waals surface area contributed by atoms with E-state index >= 15 is 0 Å². The number of nitrogens with zero attached hydrogens (tertiary/aromatic N) is 2. The van der Waals surface area contributed by atoms with Crippen LogP contribution in [0.15, 0.2) is 83.8 Å². The van der Waals surface area contributed by atoms with E-state index in [0.29, 0.717) is 0 Å². The monoisotopic (exact) mass is 605 g/mol. The SMILES string of the molecule is O=C(NC1CCCCC1)C(Cc1ccccc1)N(Cc1ccccc1F)C(=O)CCCN1C(=O)c2ccccc2S1(=O)=O. The first-order valence-electron chi connectivity index (χ1n) is 14.8. The molecule has 0 bridgehead atoms. The molecule has 3 aromatic carbocycles. The van der Waals surface area contributed by atoms with Gasteiger partial charge in [0.25, 0.3) is 15.9 Å². The molecule has 2 aliphatic rings. The number of halogens is 1. The topological polar surface area (TPSA) is 104 Å². The van der Waals surface area contributed by atoms with E-state index in [0.717, 1.165) is 42.0 Å². The summed E-state index contributed by atoms with van der Waals surface area (Å²) >= 11 is 0. The summed E-state index contributed by atoms with van der Waals surface area (Å²) < 4.78 is 41.6. The zero-order valence-electron chi connectivity index (χ0n) is 24.0. The lowest BCUT2D eigenvalue weighted by atomic mass is 9.94. The molecule has 1 atom stereocenters. The average molecular weight is 606 g/mol. The van der Waals surface area contributed by atoms with Gasteiger partial charge in [-0.2, -0.15) is 0 Å². The maximum atomic E-state index is 14.8. The van der Waals surface area contributed by atoms with Crippen LogP contribution < -0.4 is 5.32 Å². The van der Waals surface area contributed by atoms with Crippen LogP contribution in [0.4, 0.5) is 4.39 Å². The highest BCUT2D eigenvalue weighted by atomic mass is 32.2. The minimum absolute atomic E-state index is 0.0120. The molecule has 3 aromatic rings. The highest BCUT2D eigenvalue weighted by Crippen LogP contribution is 2.30. The van der Waals surface area contributed by atoms with Crippen LogP contribution in [0.3, 0.4) is 0 Å². The molecule has 43 heavy (non-hydrogen) atoms. The lowest BCUT2D eigenvalue weighted by molar-refractivity contribution is -0.141. The van der Waals surface area contributed by atoms with Crippen molar-refractivity contribution >= 4 is 27.7 Å². The van der Waals surface area contributed by atoms with Crippen molar-refractivity contribution in [3.63, 3.8) is 0 Å². The zero-order valence-corrected chi connectivity index (χ0v) is 24.8. The zero-order chi connectivity index (χ0) is 30.4. The van der Waals surface area contributed by atoms with Crippen LogP contribution in [0.5, 0.6) is 0 Å². The second-order valence-corrected chi connectivity index (χ2v) is 13.0. The number of fused-ring (bicyclic) bond motifs is 1. The minimum Gasteiger partial charge on any atom is -0.352 e. The Labute approximate surface area is 251 Å². The first-order chi connectivity index (χ1) is 20.8. The molecule has 0 spiro atoms. The van der Waals surface area contributed by atoms with E-state index in [1.165, 1.54) is 23.1 Å². The van der Waals surface area contributed by atoms with Gasteiger partial charge in [-0.05, 0) is 43.0 Å². The maximum absolute atomic E-state index is 14.8. The molecule has 1 aliphatic carbocycles. The van der Waals surface area contributed by atoms with Gasteiger partial charge < -0.3 is 10.2 Å². The van der Waals surface area contributed by atoms with Crippen LogP contribution >= 0.6 is 0 Å². The lowest BCUT2D eigenvalue weighted by Crippen LogP contribution is -2.53. The van der Waals surface area contributed by atoms with E-state index in [1.54, 1.807) is 30.3 Å². The van der Waals surface area contributed by atoms with Crippen LogP contribution in [-0.4, -0.2) is 54.0 Å². The standard InChI is InChI=1S/C33H36FN3O5S/c34-28-18-9-7-14-25(28)23-36(29(22-24-12-3-1-4-13-24)32(39)35-26-15-5-2-6-16-26)31(38)20-11-21-37-33(40)27-17-8-10-19-30(27)43(37,41)42/h1,3-4,7-10,12-14,17-19,26,29H,2,5-6,11,15-16,20-23H2,(H,35,39). The van der Waals surface area contributed by atoms with Crippen molar-refractivity contribution < 1.29 is 27.2 Å². The van der Waals surface area contributed by atoms with Crippen LogP contribution in [0, 0.1) is 5.82 Å². The third-order valence-corrected chi connectivity index (χ3v) is 10.0. The Hall–Kier alpha value is -4.05. The van der Waals surface area contributed by atoms with Crippen molar-refractivity contribution in [2.24, 2.45) is 0 Å². The van der Waals surface area contributed by atoms with Gasteiger partial charge in [0, 0.05) is 37.5 Å². The summed E-state index contributed by atoms with van der Waals surface area (Å²) in [4.78, 5) is 41.9. The summed E-state index contributed by atoms with van der Waals surface area (Å²) in [5, 5.41) is 3.14. The number of hydrogen-bond donors (Lipinski definition) is 1. The average Bonchev–Trinajstić information content (AvgIpc) is 3.21. The molecule has 1 aliphatic heterocycles. The molecule has 10 heteroatoms. The second kappa shape index (κ2) is 13.5. The smallest absolute Gasteiger partial charge is 0.269 e. The number of rotatable bonds is 11. The Bertz CT molecular complexity index is 1570. The second-order valence-electron chi connectivity index (χ2n) is 11.1. The molecule has 226 valence electrons. The van der Waals surface area contributed by atoms with E-state index in [-0.39, 0.29) is 60.3 Å². The Morgan fingerprint density at radius 2 is 1.60 bits per heavy atom. The van der Waals surface area contributed by atoms with Gasteiger partial charge in [-0.25, -0.2) is 17.1 Å². The fourth-order valence-electron chi connectivity index (χ4n) is 5.88. The third kappa shape index (κ3) is 6.96. The Morgan fingerprint density at radius 1 is 0.930 bits per heavy atom. The maximum Gasteiger partial charge on any atom is 0.269 e. The van der Waals surface area contributed by atoms with Crippen molar-refractivity contribution in [1.82, 2.24) is 14.5 Å². The Kier molecular flexibility index (Phi) is 9.55. The number of carbonyl (C=O) groups excluding carboxylic acids is 3. The molecule has 1 heterocycles. The fraction of sp³-hybridized carbons (Fsp3) is 0.364. The third-order valence-electron chi connectivity index (χ3n) is 8.19. The first kappa shape index (κ1) is 30.4. The first-order valence-corrected chi connectivity index (χ1v) is 16.2. The van der Waals surface area contributed by atoms with Crippen LogP contribution in [0.1, 0.15) is 66.4 Å². The molecule has 0 saturated heterocycles. The normalized spacial score (nSPS) is 16.9.